The van der Waals surface area contributed by atoms with Gasteiger partial charge in [0, 0.05) is 44.7 Å². The zero-order valence-corrected chi connectivity index (χ0v) is 10.4. The molecule has 94 valence electrons. The summed E-state index contributed by atoms with van der Waals surface area (Å²) in [4.78, 5) is 5.10. The molecular formula is C12H25N3O. The van der Waals surface area contributed by atoms with Gasteiger partial charge in [-0.25, -0.2) is 0 Å². The lowest BCUT2D eigenvalue weighted by Crippen LogP contribution is -2.49. The first-order valence-electron chi connectivity index (χ1n) is 6.57. The predicted molar refractivity (Wildman–Crippen MR) is 65.5 cm³/mol. The first-order chi connectivity index (χ1) is 7.79. The zero-order chi connectivity index (χ0) is 11.4. The summed E-state index contributed by atoms with van der Waals surface area (Å²) >= 11 is 0. The summed E-state index contributed by atoms with van der Waals surface area (Å²) in [5.41, 5.74) is 6.01. The number of hydrogen-bond acceptors (Lipinski definition) is 4. The van der Waals surface area contributed by atoms with E-state index in [1.54, 1.807) is 0 Å². The van der Waals surface area contributed by atoms with Crippen LogP contribution in [0.15, 0.2) is 0 Å². The molecular weight excluding hydrogens is 202 g/mol. The van der Waals surface area contributed by atoms with Crippen LogP contribution in [0, 0.1) is 5.92 Å². The van der Waals surface area contributed by atoms with Gasteiger partial charge < -0.3 is 20.3 Å². The lowest BCUT2D eigenvalue weighted by molar-refractivity contribution is 0.110. The van der Waals surface area contributed by atoms with Crippen molar-refractivity contribution in [2.24, 2.45) is 11.7 Å². The molecule has 2 heterocycles. The Morgan fingerprint density at radius 1 is 1.12 bits per heavy atom. The van der Waals surface area contributed by atoms with Crippen molar-refractivity contribution in [3.05, 3.63) is 0 Å². The van der Waals surface area contributed by atoms with Gasteiger partial charge in [0.05, 0.1) is 13.2 Å². The van der Waals surface area contributed by atoms with Crippen LogP contribution in [0.2, 0.25) is 0 Å². The molecule has 0 aromatic rings. The maximum absolute atomic E-state index is 6.01. The average Bonchev–Trinajstić information content (AvgIpc) is 2.68. The fraction of sp³-hybridized carbons (Fsp3) is 1.00. The standard InChI is InChI=1S/C12H25N3O/c1-2-3-14-4-6-15(7-5-14)8-11-9-16-10-12(11)13/h11-12H,2-10,13H2,1H3. The highest BCUT2D eigenvalue weighted by molar-refractivity contribution is 4.82. The zero-order valence-electron chi connectivity index (χ0n) is 10.4. The molecule has 0 aromatic carbocycles. The Morgan fingerprint density at radius 3 is 2.38 bits per heavy atom. The number of rotatable bonds is 4. The van der Waals surface area contributed by atoms with Gasteiger partial charge >= 0.3 is 0 Å². The summed E-state index contributed by atoms with van der Waals surface area (Å²) in [6, 6.07) is 0.258. The van der Waals surface area contributed by atoms with Crippen molar-refractivity contribution in [1.82, 2.24) is 9.80 Å². The highest BCUT2D eigenvalue weighted by atomic mass is 16.5. The lowest BCUT2D eigenvalue weighted by Gasteiger charge is -2.36. The average molecular weight is 227 g/mol. The van der Waals surface area contributed by atoms with Gasteiger partial charge in [0.15, 0.2) is 0 Å². The smallest absolute Gasteiger partial charge is 0.0621 e. The lowest BCUT2D eigenvalue weighted by atomic mass is 10.0. The molecule has 2 aliphatic heterocycles. The fourth-order valence-corrected chi connectivity index (χ4v) is 2.65. The molecule has 2 rings (SSSR count). The summed E-state index contributed by atoms with van der Waals surface area (Å²) in [7, 11) is 0. The molecule has 0 spiro atoms. The monoisotopic (exact) mass is 227 g/mol. The quantitative estimate of drug-likeness (QED) is 0.733. The van der Waals surface area contributed by atoms with Crippen LogP contribution in [-0.4, -0.2) is 68.3 Å². The second-order valence-corrected chi connectivity index (χ2v) is 5.10. The molecule has 0 radical (unpaired) electrons. The molecule has 2 aliphatic rings. The molecule has 2 fully saturated rings. The SMILES string of the molecule is CCCN1CCN(CC2COCC2N)CC1. The normalized spacial score (nSPS) is 33.4. The second-order valence-electron chi connectivity index (χ2n) is 5.10. The number of piperazine rings is 1. The van der Waals surface area contributed by atoms with Gasteiger partial charge in [0.1, 0.15) is 0 Å². The van der Waals surface area contributed by atoms with Crippen LogP contribution in [0.3, 0.4) is 0 Å². The van der Waals surface area contributed by atoms with Crippen LogP contribution in [0.5, 0.6) is 0 Å². The van der Waals surface area contributed by atoms with E-state index in [9.17, 15) is 0 Å². The summed E-state index contributed by atoms with van der Waals surface area (Å²) in [6.07, 6.45) is 1.27. The first kappa shape index (κ1) is 12.3. The Balaban J connectivity index is 1.68. The Bertz CT molecular complexity index is 204. The van der Waals surface area contributed by atoms with Crippen molar-refractivity contribution in [2.45, 2.75) is 19.4 Å². The molecule has 2 atom stereocenters. The van der Waals surface area contributed by atoms with Crippen molar-refractivity contribution in [3.8, 4) is 0 Å². The Hall–Kier alpha value is -0.160. The van der Waals surface area contributed by atoms with Gasteiger partial charge in [-0.15, -0.1) is 0 Å². The summed E-state index contributed by atoms with van der Waals surface area (Å²) in [5, 5.41) is 0. The molecule has 16 heavy (non-hydrogen) atoms. The highest BCUT2D eigenvalue weighted by Crippen LogP contribution is 2.14. The Morgan fingerprint density at radius 2 is 1.81 bits per heavy atom. The molecule has 0 bridgehead atoms. The van der Waals surface area contributed by atoms with E-state index in [-0.39, 0.29) is 6.04 Å². The van der Waals surface area contributed by atoms with E-state index >= 15 is 0 Å². The third-order valence-corrected chi connectivity index (χ3v) is 3.75. The van der Waals surface area contributed by atoms with Gasteiger partial charge in [0.25, 0.3) is 0 Å². The summed E-state index contributed by atoms with van der Waals surface area (Å²) in [5.74, 6) is 0.553. The van der Waals surface area contributed by atoms with Gasteiger partial charge in [-0.3, -0.25) is 0 Å². The topological polar surface area (TPSA) is 41.7 Å². The van der Waals surface area contributed by atoms with E-state index in [4.69, 9.17) is 10.5 Å². The predicted octanol–water partition coefficient (Wildman–Crippen LogP) is -0.0123. The van der Waals surface area contributed by atoms with Crippen LogP contribution in [0.1, 0.15) is 13.3 Å². The van der Waals surface area contributed by atoms with E-state index in [0.717, 1.165) is 19.8 Å². The van der Waals surface area contributed by atoms with E-state index in [2.05, 4.69) is 16.7 Å². The minimum absolute atomic E-state index is 0.258. The largest absolute Gasteiger partial charge is 0.379 e. The number of nitrogens with two attached hydrogens (primary N) is 1. The van der Waals surface area contributed by atoms with Crippen molar-refractivity contribution in [1.29, 1.82) is 0 Å². The maximum Gasteiger partial charge on any atom is 0.0621 e. The molecule has 2 N–H and O–H groups in total. The number of hydrogen-bond donors (Lipinski definition) is 1. The molecule has 4 nitrogen and oxygen atoms in total. The first-order valence-corrected chi connectivity index (χ1v) is 6.57. The van der Waals surface area contributed by atoms with Crippen molar-refractivity contribution in [2.75, 3.05) is 52.5 Å². The molecule has 4 heteroatoms. The molecule has 2 saturated heterocycles. The van der Waals surface area contributed by atoms with Gasteiger partial charge in [-0.1, -0.05) is 6.92 Å². The summed E-state index contributed by atoms with van der Waals surface area (Å²) < 4.78 is 5.41. The molecule has 0 aromatic heterocycles. The van der Waals surface area contributed by atoms with E-state index in [0.29, 0.717) is 5.92 Å². The number of ether oxygens (including phenoxy) is 1. The van der Waals surface area contributed by atoms with Crippen LogP contribution in [0.25, 0.3) is 0 Å². The second kappa shape index (κ2) is 5.96. The third kappa shape index (κ3) is 3.17. The maximum atomic E-state index is 6.01. The van der Waals surface area contributed by atoms with Gasteiger partial charge in [0.2, 0.25) is 0 Å². The van der Waals surface area contributed by atoms with Crippen molar-refractivity contribution < 1.29 is 4.74 Å². The summed E-state index contributed by atoms with van der Waals surface area (Å²) in [6.45, 7) is 11.1. The van der Waals surface area contributed by atoms with Crippen molar-refractivity contribution >= 4 is 0 Å². The van der Waals surface area contributed by atoms with E-state index < -0.39 is 0 Å². The molecule has 0 saturated carbocycles. The third-order valence-electron chi connectivity index (χ3n) is 3.75. The number of nitrogens with zero attached hydrogens (tertiary/aromatic N) is 2. The minimum Gasteiger partial charge on any atom is -0.379 e. The van der Waals surface area contributed by atoms with Crippen LogP contribution >= 0.6 is 0 Å². The van der Waals surface area contributed by atoms with E-state index in [1.165, 1.54) is 39.1 Å². The van der Waals surface area contributed by atoms with E-state index in [1.807, 2.05) is 0 Å². The molecule has 2 unspecified atom stereocenters. The minimum atomic E-state index is 0.258. The van der Waals surface area contributed by atoms with Crippen molar-refractivity contribution in [3.63, 3.8) is 0 Å². The molecule has 0 amide bonds. The van der Waals surface area contributed by atoms with Crippen LogP contribution in [-0.2, 0) is 4.74 Å². The van der Waals surface area contributed by atoms with Gasteiger partial charge in [-0.2, -0.15) is 0 Å². The van der Waals surface area contributed by atoms with Gasteiger partial charge in [-0.05, 0) is 13.0 Å². The Kier molecular flexibility index (Phi) is 4.58. The molecule has 0 aliphatic carbocycles. The van der Waals surface area contributed by atoms with Crippen LogP contribution in [0.4, 0.5) is 0 Å². The van der Waals surface area contributed by atoms with Crippen LogP contribution < -0.4 is 5.73 Å². The fourth-order valence-electron chi connectivity index (χ4n) is 2.65. The highest BCUT2D eigenvalue weighted by Gasteiger charge is 2.27. The Labute approximate surface area is 98.7 Å².